The van der Waals surface area contributed by atoms with Gasteiger partial charge in [-0.2, -0.15) is 0 Å². The average Bonchev–Trinajstić information content (AvgIpc) is 2.73. The van der Waals surface area contributed by atoms with E-state index in [1.807, 2.05) is 43.3 Å². The Morgan fingerprint density at radius 1 is 1.17 bits per heavy atom. The van der Waals surface area contributed by atoms with Crippen LogP contribution in [0.25, 0.3) is 10.8 Å². The topological polar surface area (TPSA) is 47.6 Å². The van der Waals surface area contributed by atoms with Gasteiger partial charge in [0.1, 0.15) is 6.61 Å². The Bertz CT molecular complexity index is 1130. The third-order valence-electron chi connectivity index (χ3n) is 5.03. The second-order valence-corrected chi connectivity index (χ2v) is 7.65. The van der Waals surface area contributed by atoms with Crippen molar-refractivity contribution in [2.24, 2.45) is 0 Å². The lowest BCUT2D eigenvalue weighted by atomic mass is 9.82. The number of hydrogen-bond acceptors (Lipinski definition) is 3. The van der Waals surface area contributed by atoms with Crippen molar-refractivity contribution in [2.45, 2.75) is 19.3 Å². The summed E-state index contributed by atoms with van der Waals surface area (Å²) in [7, 11) is 0. The highest BCUT2D eigenvalue weighted by molar-refractivity contribution is 9.10. The molecule has 0 aromatic heterocycles. The molecule has 3 aromatic rings. The lowest BCUT2D eigenvalue weighted by Crippen LogP contribution is -2.24. The van der Waals surface area contributed by atoms with Crippen molar-refractivity contribution in [2.75, 3.05) is 18.5 Å². The quantitative estimate of drug-likeness (QED) is 0.524. The number of amides is 1. The van der Waals surface area contributed by atoms with Gasteiger partial charge in [0, 0.05) is 22.5 Å². The van der Waals surface area contributed by atoms with E-state index in [9.17, 15) is 4.79 Å². The summed E-state index contributed by atoms with van der Waals surface area (Å²) < 4.78 is 12.3. The molecule has 5 heteroatoms. The first-order valence-electron chi connectivity index (χ1n) is 9.46. The van der Waals surface area contributed by atoms with Crippen molar-refractivity contribution in [1.29, 1.82) is 0 Å². The molecular formula is C24H20BrNO3. The van der Waals surface area contributed by atoms with E-state index in [1.165, 1.54) is 0 Å². The highest BCUT2D eigenvalue weighted by Crippen LogP contribution is 2.46. The van der Waals surface area contributed by atoms with Crippen molar-refractivity contribution in [3.63, 3.8) is 0 Å². The maximum atomic E-state index is 12.5. The highest BCUT2D eigenvalue weighted by atomic mass is 79.9. The predicted octanol–water partition coefficient (Wildman–Crippen LogP) is 5.49. The standard InChI is InChI=1S/C24H20BrNO3/c1-3-11-29-22-14-19(25)17(12-21(22)28-4-2)18-13-23(27)26-20-10-9-15-7-5-6-8-16(15)24(18)20/h1,5-10,12,14,18H,4,11,13H2,2H3,(H,26,27)/t18-/m0/s1. The van der Waals surface area contributed by atoms with Gasteiger partial charge in [-0.3, -0.25) is 4.79 Å². The maximum Gasteiger partial charge on any atom is 0.225 e. The highest BCUT2D eigenvalue weighted by Gasteiger charge is 2.30. The van der Waals surface area contributed by atoms with Gasteiger partial charge < -0.3 is 14.8 Å². The Morgan fingerprint density at radius 2 is 1.97 bits per heavy atom. The molecule has 29 heavy (non-hydrogen) atoms. The van der Waals surface area contributed by atoms with E-state index in [-0.39, 0.29) is 18.4 Å². The second-order valence-electron chi connectivity index (χ2n) is 6.80. The molecule has 146 valence electrons. The normalized spacial score (nSPS) is 15.3. The van der Waals surface area contributed by atoms with E-state index in [0.29, 0.717) is 24.5 Å². The molecule has 1 aliphatic heterocycles. The Morgan fingerprint density at radius 3 is 2.76 bits per heavy atom. The summed E-state index contributed by atoms with van der Waals surface area (Å²) in [6.45, 7) is 2.58. The second kappa shape index (κ2) is 8.18. The van der Waals surface area contributed by atoms with Crippen LogP contribution in [0.2, 0.25) is 0 Å². The van der Waals surface area contributed by atoms with Crippen molar-refractivity contribution in [1.82, 2.24) is 0 Å². The molecule has 1 N–H and O–H groups in total. The van der Waals surface area contributed by atoms with E-state index in [1.54, 1.807) is 0 Å². The summed E-state index contributed by atoms with van der Waals surface area (Å²) >= 11 is 3.68. The van der Waals surface area contributed by atoms with Gasteiger partial charge in [0.15, 0.2) is 11.5 Å². The van der Waals surface area contributed by atoms with Gasteiger partial charge in [-0.15, -0.1) is 6.42 Å². The fourth-order valence-electron chi connectivity index (χ4n) is 3.85. The van der Waals surface area contributed by atoms with E-state index in [0.717, 1.165) is 32.1 Å². The molecule has 0 saturated carbocycles. The number of terminal acetylenes is 1. The van der Waals surface area contributed by atoms with Crippen LogP contribution in [-0.2, 0) is 4.79 Å². The third kappa shape index (κ3) is 3.68. The number of benzene rings is 3. The van der Waals surface area contributed by atoms with Gasteiger partial charge in [0.05, 0.1) is 6.61 Å². The smallest absolute Gasteiger partial charge is 0.225 e. The van der Waals surface area contributed by atoms with Crippen LogP contribution in [0.1, 0.15) is 30.4 Å². The molecule has 0 saturated heterocycles. The molecule has 0 unspecified atom stereocenters. The van der Waals surface area contributed by atoms with E-state index in [2.05, 4.69) is 39.3 Å². The fourth-order valence-corrected chi connectivity index (χ4v) is 4.45. The van der Waals surface area contributed by atoms with E-state index in [4.69, 9.17) is 15.9 Å². The Balaban J connectivity index is 1.89. The molecule has 1 atom stereocenters. The van der Waals surface area contributed by atoms with Gasteiger partial charge in [0.25, 0.3) is 0 Å². The first-order valence-corrected chi connectivity index (χ1v) is 10.3. The molecule has 1 amide bonds. The number of anilines is 1. The largest absolute Gasteiger partial charge is 0.490 e. The molecule has 4 rings (SSSR count). The van der Waals surface area contributed by atoms with Crippen LogP contribution < -0.4 is 14.8 Å². The molecule has 0 spiro atoms. The van der Waals surface area contributed by atoms with Gasteiger partial charge >= 0.3 is 0 Å². The number of hydrogen-bond donors (Lipinski definition) is 1. The predicted molar refractivity (Wildman–Crippen MR) is 119 cm³/mol. The van der Waals surface area contributed by atoms with Crippen LogP contribution in [0.15, 0.2) is 53.0 Å². The number of ether oxygens (including phenoxy) is 2. The monoisotopic (exact) mass is 449 g/mol. The molecule has 1 aliphatic rings. The zero-order valence-corrected chi connectivity index (χ0v) is 17.6. The first kappa shape index (κ1) is 19.4. The summed E-state index contributed by atoms with van der Waals surface area (Å²) in [5, 5.41) is 5.29. The van der Waals surface area contributed by atoms with Crippen LogP contribution >= 0.6 is 15.9 Å². The Labute approximate surface area is 178 Å². The van der Waals surface area contributed by atoms with Gasteiger partial charge in [-0.25, -0.2) is 0 Å². The summed E-state index contributed by atoms with van der Waals surface area (Å²) in [6.07, 6.45) is 5.69. The van der Waals surface area contributed by atoms with Crippen molar-refractivity contribution in [3.8, 4) is 23.8 Å². The number of halogens is 1. The molecular weight excluding hydrogens is 430 g/mol. The molecule has 0 bridgehead atoms. The lowest BCUT2D eigenvalue weighted by Gasteiger charge is -2.29. The molecule has 0 aliphatic carbocycles. The number of carbonyl (C=O) groups is 1. The maximum absolute atomic E-state index is 12.5. The summed E-state index contributed by atoms with van der Waals surface area (Å²) in [5.74, 6) is 3.56. The van der Waals surface area contributed by atoms with E-state index >= 15 is 0 Å². The van der Waals surface area contributed by atoms with Crippen LogP contribution in [0.4, 0.5) is 5.69 Å². The third-order valence-corrected chi connectivity index (χ3v) is 5.72. The van der Waals surface area contributed by atoms with Gasteiger partial charge in [-0.1, -0.05) is 52.2 Å². The zero-order chi connectivity index (χ0) is 20.4. The molecule has 4 nitrogen and oxygen atoms in total. The van der Waals surface area contributed by atoms with Crippen molar-refractivity contribution in [3.05, 3.63) is 64.1 Å². The Kier molecular flexibility index (Phi) is 5.46. The number of nitrogens with one attached hydrogen (secondary N) is 1. The fraction of sp³-hybridized carbons (Fsp3) is 0.208. The Hall–Kier alpha value is -2.97. The minimum Gasteiger partial charge on any atom is -0.490 e. The van der Waals surface area contributed by atoms with Crippen LogP contribution in [0.3, 0.4) is 0 Å². The number of rotatable bonds is 5. The summed E-state index contributed by atoms with van der Waals surface area (Å²) in [4.78, 5) is 12.5. The molecule has 0 fully saturated rings. The summed E-state index contributed by atoms with van der Waals surface area (Å²) in [6, 6.07) is 16.1. The molecule has 3 aromatic carbocycles. The van der Waals surface area contributed by atoms with Gasteiger partial charge in [-0.05, 0) is 47.0 Å². The first-order chi connectivity index (χ1) is 14.1. The SMILES string of the molecule is C#CCOc1cc(Br)c([C@@H]2CC(=O)Nc3ccc4ccccc4c32)cc1OCC. The van der Waals surface area contributed by atoms with Crippen LogP contribution in [-0.4, -0.2) is 19.1 Å². The van der Waals surface area contributed by atoms with Gasteiger partial charge in [0.2, 0.25) is 5.91 Å². The minimum atomic E-state index is -0.111. The molecule has 1 heterocycles. The molecule has 0 radical (unpaired) electrons. The van der Waals surface area contributed by atoms with Crippen LogP contribution in [0, 0.1) is 12.3 Å². The number of carbonyl (C=O) groups excluding carboxylic acids is 1. The average molecular weight is 450 g/mol. The zero-order valence-electron chi connectivity index (χ0n) is 16.0. The van der Waals surface area contributed by atoms with Crippen molar-refractivity contribution >= 4 is 38.3 Å². The van der Waals surface area contributed by atoms with E-state index < -0.39 is 0 Å². The minimum absolute atomic E-state index is 0.00435. The summed E-state index contributed by atoms with van der Waals surface area (Å²) in [5.41, 5.74) is 2.94. The lowest BCUT2D eigenvalue weighted by molar-refractivity contribution is -0.116. The number of fused-ring (bicyclic) bond motifs is 3. The van der Waals surface area contributed by atoms with Crippen LogP contribution in [0.5, 0.6) is 11.5 Å². The van der Waals surface area contributed by atoms with Crippen molar-refractivity contribution < 1.29 is 14.3 Å².